The van der Waals surface area contributed by atoms with E-state index in [1.54, 1.807) is 0 Å². The van der Waals surface area contributed by atoms with E-state index in [1.165, 1.54) is 6.92 Å². The number of amides is 3. The molecule has 3 unspecified atom stereocenters. The topological polar surface area (TPSA) is 104 Å². The van der Waals surface area contributed by atoms with Crippen LogP contribution >= 0.6 is 0 Å². The highest BCUT2D eigenvalue weighted by Crippen LogP contribution is 2.31. The van der Waals surface area contributed by atoms with Crippen molar-refractivity contribution in [3.63, 3.8) is 0 Å². The molecule has 0 spiro atoms. The summed E-state index contributed by atoms with van der Waals surface area (Å²) in [4.78, 5) is 22.6. The smallest absolute Gasteiger partial charge is 0.312 e. The molecular formula is C13H17N3O3. The molecule has 3 amide bonds. The Morgan fingerprint density at radius 3 is 2.79 bits per heavy atom. The second-order valence-electron chi connectivity index (χ2n) is 4.69. The van der Waals surface area contributed by atoms with Gasteiger partial charge in [-0.3, -0.25) is 4.79 Å². The van der Waals surface area contributed by atoms with Crippen molar-refractivity contribution in [1.82, 2.24) is 10.6 Å². The van der Waals surface area contributed by atoms with E-state index in [9.17, 15) is 14.7 Å². The molecule has 6 nitrogen and oxygen atoms in total. The zero-order valence-electron chi connectivity index (χ0n) is 10.6. The van der Waals surface area contributed by atoms with Crippen LogP contribution < -0.4 is 16.4 Å². The number of hydrogen-bond acceptors (Lipinski definition) is 3. The Labute approximate surface area is 111 Å². The van der Waals surface area contributed by atoms with Crippen LogP contribution in [0.25, 0.3) is 0 Å². The van der Waals surface area contributed by atoms with Crippen molar-refractivity contribution in [2.75, 3.05) is 0 Å². The van der Waals surface area contributed by atoms with Gasteiger partial charge in [0.2, 0.25) is 5.91 Å². The second-order valence-corrected chi connectivity index (χ2v) is 4.69. The fraction of sp³-hybridized carbons (Fsp3) is 0.385. The van der Waals surface area contributed by atoms with Gasteiger partial charge in [-0.1, -0.05) is 24.3 Å². The van der Waals surface area contributed by atoms with Gasteiger partial charge in [-0.05, 0) is 18.1 Å². The van der Waals surface area contributed by atoms with Gasteiger partial charge in [0.15, 0.2) is 0 Å². The number of carbonyl (C=O) groups is 2. The van der Waals surface area contributed by atoms with Gasteiger partial charge in [-0.25, -0.2) is 4.79 Å². The number of carbonyl (C=O) groups excluding carboxylic acids is 2. The maximum atomic E-state index is 11.9. The molecular weight excluding hydrogens is 246 g/mol. The highest BCUT2D eigenvalue weighted by atomic mass is 16.3. The number of nitrogens with two attached hydrogens (primary N) is 1. The first-order chi connectivity index (χ1) is 8.99. The molecule has 0 fully saturated rings. The van der Waals surface area contributed by atoms with Crippen LogP contribution in [0.15, 0.2) is 24.3 Å². The Morgan fingerprint density at radius 1 is 1.42 bits per heavy atom. The molecule has 0 saturated heterocycles. The number of aliphatic hydroxyl groups is 1. The lowest BCUT2D eigenvalue weighted by atomic mass is 10.1. The molecule has 2 rings (SSSR count). The van der Waals surface area contributed by atoms with Gasteiger partial charge in [0.05, 0.1) is 12.1 Å². The molecule has 6 heteroatoms. The highest BCUT2D eigenvalue weighted by molar-refractivity contribution is 5.86. The third-order valence-electron chi connectivity index (χ3n) is 3.25. The number of aliphatic hydroxyl groups excluding tert-OH is 1. The number of primary amides is 1. The molecule has 1 aromatic carbocycles. The molecule has 1 aliphatic carbocycles. The van der Waals surface area contributed by atoms with Crippen LogP contribution in [0.3, 0.4) is 0 Å². The van der Waals surface area contributed by atoms with E-state index < -0.39 is 24.2 Å². The maximum Gasteiger partial charge on any atom is 0.312 e. The van der Waals surface area contributed by atoms with Crippen LogP contribution in [0.2, 0.25) is 0 Å². The Balaban J connectivity index is 2.07. The minimum atomic E-state index is -0.755. The number of nitrogens with one attached hydrogen (secondary N) is 2. The van der Waals surface area contributed by atoms with Crippen LogP contribution in [-0.4, -0.2) is 29.2 Å². The molecule has 0 radical (unpaired) electrons. The molecule has 0 bridgehead atoms. The summed E-state index contributed by atoms with van der Waals surface area (Å²) in [5.74, 6) is -0.375. The average molecular weight is 263 g/mol. The zero-order valence-corrected chi connectivity index (χ0v) is 10.6. The lowest BCUT2D eigenvalue weighted by molar-refractivity contribution is -0.124. The summed E-state index contributed by atoms with van der Waals surface area (Å²) in [5, 5.41) is 15.0. The molecule has 1 aromatic rings. The molecule has 3 atom stereocenters. The van der Waals surface area contributed by atoms with Crippen molar-refractivity contribution in [2.24, 2.45) is 5.73 Å². The lowest BCUT2D eigenvalue weighted by Gasteiger charge is -2.20. The minimum absolute atomic E-state index is 0.375. The number of fused-ring (bicyclic) bond motifs is 1. The lowest BCUT2D eigenvalue weighted by Crippen LogP contribution is -2.48. The van der Waals surface area contributed by atoms with Crippen LogP contribution in [0.4, 0.5) is 4.79 Å². The normalized spacial score (nSPS) is 22.4. The Kier molecular flexibility index (Phi) is 3.71. The van der Waals surface area contributed by atoms with Crippen molar-refractivity contribution in [2.45, 2.75) is 31.5 Å². The molecule has 0 aliphatic heterocycles. The van der Waals surface area contributed by atoms with Gasteiger partial charge >= 0.3 is 6.03 Å². The summed E-state index contributed by atoms with van der Waals surface area (Å²) in [5.41, 5.74) is 6.90. The van der Waals surface area contributed by atoms with E-state index >= 15 is 0 Å². The molecule has 1 aliphatic rings. The van der Waals surface area contributed by atoms with Gasteiger partial charge in [-0.15, -0.1) is 0 Å². The number of hydrogen-bond donors (Lipinski definition) is 4. The van der Waals surface area contributed by atoms with Crippen LogP contribution in [0.1, 0.15) is 24.1 Å². The number of rotatable bonds is 3. The Morgan fingerprint density at radius 2 is 2.11 bits per heavy atom. The Bertz CT molecular complexity index is 504. The maximum absolute atomic E-state index is 11.9. The number of benzene rings is 1. The molecule has 0 heterocycles. The third-order valence-corrected chi connectivity index (χ3v) is 3.25. The van der Waals surface area contributed by atoms with E-state index in [1.807, 2.05) is 24.3 Å². The highest BCUT2D eigenvalue weighted by Gasteiger charge is 2.32. The van der Waals surface area contributed by atoms with E-state index in [-0.39, 0.29) is 5.91 Å². The molecule has 102 valence electrons. The van der Waals surface area contributed by atoms with Crippen molar-refractivity contribution >= 4 is 11.9 Å². The quantitative estimate of drug-likeness (QED) is 0.608. The van der Waals surface area contributed by atoms with E-state index in [2.05, 4.69) is 10.6 Å². The largest absolute Gasteiger partial charge is 0.390 e. The predicted octanol–water partition coefficient (Wildman–Crippen LogP) is -0.182. The summed E-state index contributed by atoms with van der Waals surface area (Å²) < 4.78 is 0. The summed E-state index contributed by atoms with van der Waals surface area (Å²) in [7, 11) is 0. The zero-order chi connectivity index (χ0) is 14.0. The third kappa shape index (κ3) is 2.85. The molecule has 0 saturated carbocycles. The van der Waals surface area contributed by atoms with Gasteiger partial charge < -0.3 is 21.5 Å². The predicted molar refractivity (Wildman–Crippen MR) is 69.2 cm³/mol. The minimum Gasteiger partial charge on any atom is -0.390 e. The van der Waals surface area contributed by atoms with Crippen molar-refractivity contribution < 1.29 is 14.7 Å². The summed E-state index contributed by atoms with van der Waals surface area (Å²) in [6.45, 7) is 1.54. The number of urea groups is 1. The van der Waals surface area contributed by atoms with E-state index in [4.69, 9.17) is 5.73 Å². The first-order valence-electron chi connectivity index (χ1n) is 6.11. The van der Waals surface area contributed by atoms with Crippen molar-refractivity contribution in [3.05, 3.63) is 35.4 Å². The first kappa shape index (κ1) is 13.4. The SMILES string of the molecule is CC(NC(N)=O)C(=O)NC1c2ccccc2CC1O. The van der Waals surface area contributed by atoms with E-state index in [0.29, 0.717) is 6.42 Å². The van der Waals surface area contributed by atoms with Crippen molar-refractivity contribution in [1.29, 1.82) is 0 Å². The van der Waals surface area contributed by atoms with Crippen LogP contribution in [0.5, 0.6) is 0 Å². The van der Waals surface area contributed by atoms with Crippen molar-refractivity contribution in [3.8, 4) is 0 Å². The van der Waals surface area contributed by atoms with Gasteiger partial charge in [0.1, 0.15) is 6.04 Å². The summed E-state index contributed by atoms with van der Waals surface area (Å²) in [6, 6.07) is 5.63. The van der Waals surface area contributed by atoms with E-state index in [0.717, 1.165) is 11.1 Å². The summed E-state index contributed by atoms with van der Waals surface area (Å²) >= 11 is 0. The fourth-order valence-electron chi connectivity index (χ4n) is 2.31. The summed E-state index contributed by atoms with van der Waals surface area (Å²) in [6.07, 6.45) is -0.138. The van der Waals surface area contributed by atoms with Gasteiger partial charge in [0.25, 0.3) is 0 Å². The van der Waals surface area contributed by atoms with Gasteiger partial charge in [-0.2, -0.15) is 0 Å². The fourth-order valence-corrected chi connectivity index (χ4v) is 2.31. The molecule has 19 heavy (non-hydrogen) atoms. The average Bonchev–Trinajstić information content (AvgIpc) is 2.65. The first-order valence-corrected chi connectivity index (χ1v) is 6.11. The monoisotopic (exact) mass is 263 g/mol. The standard InChI is InChI=1S/C13H17N3O3/c1-7(15-13(14)19)12(18)16-11-9-5-3-2-4-8(9)6-10(11)17/h2-5,7,10-11,17H,6H2,1H3,(H,16,18)(H3,14,15,19). The molecule has 5 N–H and O–H groups in total. The van der Waals surface area contributed by atoms with Crippen LogP contribution in [0, 0.1) is 0 Å². The van der Waals surface area contributed by atoms with Gasteiger partial charge in [0, 0.05) is 6.42 Å². The molecule has 0 aromatic heterocycles. The second kappa shape index (κ2) is 5.27. The van der Waals surface area contributed by atoms with Crippen LogP contribution in [-0.2, 0) is 11.2 Å². The Hall–Kier alpha value is -2.08.